The number of nitrogens with one attached hydrogen (secondary N) is 1. The highest BCUT2D eigenvalue weighted by molar-refractivity contribution is 5.90. The lowest BCUT2D eigenvalue weighted by Crippen LogP contribution is -2.48. The van der Waals surface area contributed by atoms with Crippen molar-refractivity contribution in [3.05, 3.63) is 53.9 Å². The van der Waals surface area contributed by atoms with E-state index in [4.69, 9.17) is 19.4 Å². The third-order valence-corrected chi connectivity index (χ3v) is 6.87. The minimum absolute atomic E-state index is 0.0447. The van der Waals surface area contributed by atoms with Crippen LogP contribution in [0.1, 0.15) is 44.0 Å². The van der Waals surface area contributed by atoms with Crippen molar-refractivity contribution < 1.29 is 19.4 Å². The number of aryl methyl sites for hydroxylation is 1. The van der Waals surface area contributed by atoms with Crippen LogP contribution in [-0.4, -0.2) is 57.0 Å². The molecular weight excluding hydrogens is 444 g/mol. The summed E-state index contributed by atoms with van der Waals surface area (Å²) in [6.45, 7) is 6.11. The number of amides is 1. The van der Waals surface area contributed by atoms with Crippen molar-refractivity contribution in [1.82, 2.24) is 19.9 Å². The van der Waals surface area contributed by atoms with Crippen molar-refractivity contribution in [3.63, 3.8) is 0 Å². The van der Waals surface area contributed by atoms with Crippen LogP contribution >= 0.6 is 0 Å². The normalized spacial score (nSPS) is 20.5. The van der Waals surface area contributed by atoms with E-state index in [2.05, 4.69) is 17.1 Å². The van der Waals surface area contributed by atoms with Crippen LogP contribution in [0.25, 0.3) is 33.2 Å². The van der Waals surface area contributed by atoms with Gasteiger partial charge in [-0.15, -0.1) is 0 Å². The van der Waals surface area contributed by atoms with Gasteiger partial charge in [0.2, 0.25) is 0 Å². The molecule has 0 radical (unpaired) electrons. The Labute approximate surface area is 203 Å². The number of aromatic amines is 1. The first-order chi connectivity index (χ1) is 16.8. The van der Waals surface area contributed by atoms with Gasteiger partial charge in [0, 0.05) is 59.0 Å². The molecule has 1 aliphatic rings. The molecule has 1 aromatic carbocycles. The van der Waals surface area contributed by atoms with Crippen LogP contribution in [-0.2, 0) is 4.74 Å². The molecule has 2 N–H and O–H groups in total. The van der Waals surface area contributed by atoms with Gasteiger partial charge >= 0.3 is 6.09 Å². The summed E-state index contributed by atoms with van der Waals surface area (Å²) in [5.41, 5.74) is 6.39. The molecule has 4 heterocycles. The van der Waals surface area contributed by atoms with Crippen LogP contribution in [0.3, 0.4) is 0 Å². The summed E-state index contributed by atoms with van der Waals surface area (Å²) in [5, 5.41) is 10.6. The molecule has 1 aliphatic heterocycles. The Morgan fingerprint density at radius 2 is 1.80 bits per heavy atom. The predicted octanol–water partition coefficient (Wildman–Crippen LogP) is 5.70. The fourth-order valence-electron chi connectivity index (χ4n) is 5.35. The molecule has 8 nitrogen and oxygen atoms in total. The fraction of sp³-hybridized carbons (Fsp3) is 0.370. The van der Waals surface area contributed by atoms with Gasteiger partial charge in [0.1, 0.15) is 5.75 Å². The molecule has 182 valence electrons. The van der Waals surface area contributed by atoms with Gasteiger partial charge in [-0.25, -0.2) is 9.78 Å². The summed E-state index contributed by atoms with van der Waals surface area (Å²) in [4.78, 5) is 26.3. The summed E-state index contributed by atoms with van der Waals surface area (Å²) >= 11 is 0. The first kappa shape index (κ1) is 23.1. The van der Waals surface area contributed by atoms with Crippen molar-refractivity contribution in [1.29, 1.82) is 0 Å². The molecule has 8 heteroatoms. The van der Waals surface area contributed by atoms with Crippen molar-refractivity contribution >= 4 is 28.0 Å². The Hall–Kier alpha value is -3.65. The van der Waals surface area contributed by atoms with Gasteiger partial charge in [-0.1, -0.05) is 0 Å². The lowest BCUT2D eigenvalue weighted by molar-refractivity contribution is 0.0516. The summed E-state index contributed by atoms with van der Waals surface area (Å²) in [7, 11) is 1.60. The number of carboxylic acid groups (broad SMARTS) is 1. The molecule has 5 rings (SSSR count). The molecule has 35 heavy (non-hydrogen) atoms. The maximum absolute atomic E-state index is 11.6. The second kappa shape index (κ2) is 9.19. The van der Waals surface area contributed by atoms with Crippen molar-refractivity contribution in [2.24, 2.45) is 0 Å². The zero-order chi connectivity index (χ0) is 24.7. The largest absolute Gasteiger partial charge is 0.467 e. The second-order valence-corrected chi connectivity index (χ2v) is 9.47. The minimum Gasteiger partial charge on any atom is -0.467 e. The molecule has 0 bridgehead atoms. The van der Waals surface area contributed by atoms with E-state index in [1.54, 1.807) is 12.0 Å². The predicted molar refractivity (Wildman–Crippen MR) is 135 cm³/mol. The molecule has 4 aromatic rings. The van der Waals surface area contributed by atoms with Crippen molar-refractivity contribution in [2.75, 3.05) is 13.9 Å². The first-order valence-electron chi connectivity index (χ1n) is 11.9. The van der Waals surface area contributed by atoms with Gasteiger partial charge in [0.05, 0.1) is 16.7 Å². The Balaban J connectivity index is 1.48. The molecule has 1 amide bonds. The third-order valence-electron chi connectivity index (χ3n) is 6.87. The molecule has 0 aliphatic carbocycles. The molecule has 2 unspecified atom stereocenters. The van der Waals surface area contributed by atoms with Crippen LogP contribution in [0, 0.1) is 6.92 Å². The lowest BCUT2D eigenvalue weighted by Gasteiger charge is -2.40. The summed E-state index contributed by atoms with van der Waals surface area (Å²) in [5.74, 6) is 0.916. The minimum atomic E-state index is -0.853. The number of nitrogens with zero attached hydrogens (tertiary/aromatic N) is 3. The van der Waals surface area contributed by atoms with Gasteiger partial charge in [0.15, 0.2) is 6.79 Å². The van der Waals surface area contributed by atoms with E-state index in [-0.39, 0.29) is 24.8 Å². The number of hydrogen-bond donors (Lipinski definition) is 2. The number of fused-ring (bicyclic) bond motifs is 2. The van der Waals surface area contributed by atoms with Crippen molar-refractivity contribution in [3.8, 4) is 17.0 Å². The van der Waals surface area contributed by atoms with E-state index in [0.717, 1.165) is 57.4 Å². The second-order valence-electron chi connectivity index (χ2n) is 9.47. The zero-order valence-corrected chi connectivity index (χ0v) is 20.4. The van der Waals surface area contributed by atoms with Crippen LogP contribution in [0.2, 0.25) is 0 Å². The van der Waals surface area contributed by atoms with Crippen LogP contribution in [0.4, 0.5) is 4.79 Å². The van der Waals surface area contributed by atoms with E-state index in [1.807, 2.05) is 51.1 Å². The Morgan fingerprint density at radius 1 is 1.09 bits per heavy atom. The van der Waals surface area contributed by atoms with E-state index in [1.165, 1.54) is 0 Å². The SMILES string of the molecule is COCOc1cc2[nH]c(C)cc2cc1-c1ccc2nc(C3CC(C)N(C(=O)O)C(C)C3)ccc2n1. The standard InChI is InChI=1S/C27H30N4O4/c1-15-9-18-12-20(26(35-14-34-4)13-25(18)28-15)22-6-8-23-24(30-22)7-5-21(29-23)19-10-16(2)31(27(32)33)17(3)11-19/h5-9,12-13,16-17,19,28H,10-11,14H2,1-4H3,(H,32,33). The van der Waals surface area contributed by atoms with Gasteiger partial charge < -0.3 is 24.5 Å². The summed E-state index contributed by atoms with van der Waals surface area (Å²) in [6.07, 6.45) is 0.668. The highest BCUT2D eigenvalue weighted by Gasteiger charge is 2.35. The molecule has 1 saturated heterocycles. The average molecular weight is 475 g/mol. The van der Waals surface area contributed by atoms with E-state index >= 15 is 0 Å². The number of benzene rings is 1. The van der Waals surface area contributed by atoms with Gasteiger partial charge in [0.25, 0.3) is 0 Å². The Morgan fingerprint density at radius 3 is 2.51 bits per heavy atom. The number of rotatable bonds is 5. The van der Waals surface area contributed by atoms with Crippen LogP contribution < -0.4 is 4.74 Å². The number of ether oxygens (including phenoxy) is 2. The molecule has 0 spiro atoms. The van der Waals surface area contributed by atoms with E-state index < -0.39 is 6.09 Å². The van der Waals surface area contributed by atoms with Crippen LogP contribution in [0.5, 0.6) is 5.75 Å². The number of likely N-dealkylation sites (tertiary alicyclic amines) is 1. The maximum Gasteiger partial charge on any atom is 0.407 e. The maximum atomic E-state index is 11.6. The number of H-pyrrole nitrogens is 1. The lowest BCUT2D eigenvalue weighted by atomic mass is 9.85. The number of hydrogen-bond acceptors (Lipinski definition) is 5. The number of methoxy groups -OCH3 is 1. The van der Waals surface area contributed by atoms with Gasteiger partial charge in [-0.05, 0) is 70.0 Å². The van der Waals surface area contributed by atoms with Gasteiger partial charge in [-0.3, -0.25) is 4.98 Å². The topological polar surface area (TPSA) is 101 Å². The molecule has 0 saturated carbocycles. The van der Waals surface area contributed by atoms with Gasteiger partial charge in [-0.2, -0.15) is 0 Å². The number of pyridine rings is 2. The van der Waals surface area contributed by atoms with Crippen LogP contribution in [0.15, 0.2) is 42.5 Å². The monoisotopic (exact) mass is 474 g/mol. The van der Waals surface area contributed by atoms with Crippen molar-refractivity contribution in [2.45, 2.75) is 51.6 Å². The molecule has 3 aromatic heterocycles. The number of carbonyl (C=O) groups is 1. The zero-order valence-electron chi connectivity index (χ0n) is 20.4. The van der Waals surface area contributed by atoms with E-state index in [9.17, 15) is 9.90 Å². The highest BCUT2D eigenvalue weighted by Crippen LogP contribution is 2.36. The summed E-state index contributed by atoms with van der Waals surface area (Å²) < 4.78 is 11.0. The quantitative estimate of drug-likeness (QED) is 0.360. The Bertz CT molecular complexity index is 1390. The first-order valence-corrected chi connectivity index (χ1v) is 11.9. The third kappa shape index (κ3) is 4.41. The molecule has 2 atom stereocenters. The average Bonchev–Trinajstić information content (AvgIpc) is 3.19. The fourth-order valence-corrected chi connectivity index (χ4v) is 5.35. The molecular formula is C27H30N4O4. The van der Waals surface area contributed by atoms with E-state index in [0.29, 0.717) is 5.75 Å². The Kier molecular flexibility index (Phi) is 6.06. The smallest absolute Gasteiger partial charge is 0.407 e. The summed E-state index contributed by atoms with van der Waals surface area (Å²) in [6, 6.07) is 14.1. The number of aromatic nitrogens is 3. The molecule has 1 fully saturated rings. The number of piperidine rings is 1. The highest BCUT2D eigenvalue weighted by atomic mass is 16.7.